The maximum atomic E-state index is 5.41. The van der Waals surface area contributed by atoms with Crippen molar-refractivity contribution in [1.29, 1.82) is 0 Å². The summed E-state index contributed by atoms with van der Waals surface area (Å²) >= 11 is 5.41. The van der Waals surface area contributed by atoms with Crippen molar-refractivity contribution in [3.05, 3.63) is 23.3 Å². The molecular formula is C8H11Cl. The lowest BCUT2D eigenvalue weighted by Crippen LogP contribution is -1.87. The fraction of sp³-hybridized carbons (Fsp3) is 0.500. The van der Waals surface area contributed by atoms with Crippen molar-refractivity contribution in [2.45, 2.75) is 25.7 Å². The third kappa shape index (κ3) is 2.23. The summed E-state index contributed by atoms with van der Waals surface area (Å²) in [6.07, 6.45) is 9.37. The number of hydrogen-bond acceptors (Lipinski definition) is 0. The summed E-state index contributed by atoms with van der Waals surface area (Å²) < 4.78 is 0. The van der Waals surface area contributed by atoms with E-state index < -0.39 is 0 Å². The minimum absolute atomic E-state index is 1.21. The van der Waals surface area contributed by atoms with Crippen LogP contribution in [-0.2, 0) is 0 Å². The Morgan fingerprint density at radius 3 is 2.89 bits per heavy atom. The van der Waals surface area contributed by atoms with Gasteiger partial charge in [0.15, 0.2) is 0 Å². The molecule has 9 heavy (non-hydrogen) atoms. The first-order chi connectivity index (χ1) is 4.43. The van der Waals surface area contributed by atoms with E-state index in [1.807, 2.05) is 6.08 Å². The lowest BCUT2D eigenvalue weighted by Gasteiger charge is -2.06. The van der Waals surface area contributed by atoms with Gasteiger partial charge in [0.1, 0.15) is 0 Å². The van der Waals surface area contributed by atoms with Crippen LogP contribution in [0.5, 0.6) is 0 Å². The van der Waals surface area contributed by atoms with Crippen LogP contribution in [0.1, 0.15) is 25.7 Å². The molecule has 0 aromatic carbocycles. The van der Waals surface area contributed by atoms with Crippen LogP contribution in [0.3, 0.4) is 0 Å². The Morgan fingerprint density at radius 2 is 2.33 bits per heavy atom. The Bertz CT molecular complexity index is 134. The van der Waals surface area contributed by atoms with E-state index >= 15 is 0 Å². The molecule has 0 nitrogen and oxygen atoms in total. The van der Waals surface area contributed by atoms with Crippen LogP contribution in [0.15, 0.2) is 23.3 Å². The Morgan fingerprint density at radius 1 is 1.44 bits per heavy atom. The molecule has 0 bridgehead atoms. The largest absolute Gasteiger partial charge is 0.0929 e. The fourth-order valence-electron chi connectivity index (χ4n) is 1.10. The predicted octanol–water partition coefficient (Wildman–Crippen LogP) is 3.24. The third-order valence-electron chi connectivity index (χ3n) is 1.60. The molecular weight excluding hydrogens is 132 g/mol. The highest BCUT2D eigenvalue weighted by Gasteiger charge is 1.98. The van der Waals surface area contributed by atoms with Crippen LogP contribution in [0.4, 0.5) is 0 Å². The van der Waals surface area contributed by atoms with Crippen LogP contribution in [0, 0.1) is 0 Å². The molecule has 0 saturated carbocycles. The van der Waals surface area contributed by atoms with Gasteiger partial charge in [-0.05, 0) is 31.8 Å². The Labute approximate surface area is 61.2 Å². The van der Waals surface area contributed by atoms with Crippen LogP contribution >= 0.6 is 11.6 Å². The number of rotatable bonds is 1. The van der Waals surface area contributed by atoms with E-state index in [1.165, 1.54) is 31.3 Å². The van der Waals surface area contributed by atoms with E-state index in [0.29, 0.717) is 0 Å². The molecule has 0 N–H and O–H groups in total. The van der Waals surface area contributed by atoms with Gasteiger partial charge in [-0.25, -0.2) is 0 Å². The quantitative estimate of drug-likeness (QED) is 0.527. The van der Waals surface area contributed by atoms with Gasteiger partial charge in [0, 0.05) is 5.54 Å². The second-order valence-electron chi connectivity index (χ2n) is 2.32. The lowest BCUT2D eigenvalue weighted by atomic mass is 10.0. The SMILES string of the molecule is Cl/C=C/C1=CCCCC1. The van der Waals surface area contributed by atoms with Gasteiger partial charge in [-0.3, -0.25) is 0 Å². The van der Waals surface area contributed by atoms with Gasteiger partial charge in [0.2, 0.25) is 0 Å². The monoisotopic (exact) mass is 142 g/mol. The smallest absolute Gasteiger partial charge is 0.00450 e. The fourth-order valence-corrected chi connectivity index (χ4v) is 1.26. The van der Waals surface area contributed by atoms with Crippen LogP contribution in [0.2, 0.25) is 0 Å². The van der Waals surface area contributed by atoms with Crippen LogP contribution < -0.4 is 0 Å². The standard InChI is InChI=1S/C8H11Cl/c9-7-6-8-4-2-1-3-5-8/h4,6-7H,1-3,5H2/b7-6+. The summed E-state index contributed by atoms with van der Waals surface area (Å²) in [5, 5.41) is 0. The molecule has 0 fully saturated rings. The van der Waals surface area contributed by atoms with Crippen molar-refractivity contribution in [2.75, 3.05) is 0 Å². The van der Waals surface area contributed by atoms with E-state index in [4.69, 9.17) is 11.6 Å². The summed E-state index contributed by atoms with van der Waals surface area (Å²) in [6.45, 7) is 0. The zero-order valence-corrected chi connectivity index (χ0v) is 6.19. The maximum Gasteiger partial charge on any atom is 0.00450 e. The van der Waals surface area contributed by atoms with Gasteiger partial charge in [0.25, 0.3) is 0 Å². The summed E-state index contributed by atoms with van der Waals surface area (Å²) in [5.41, 5.74) is 2.99. The molecule has 0 spiro atoms. The molecule has 0 amide bonds. The summed E-state index contributed by atoms with van der Waals surface area (Å²) in [6, 6.07) is 0. The van der Waals surface area contributed by atoms with Crippen LogP contribution in [0.25, 0.3) is 0 Å². The number of hydrogen-bond donors (Lipinski definition) is 0. The zero-order valence-electron chi connectivity index (χ0n) is 5.44. The van der Waals surface area contributed by atoms with Gasteiger partial charge < -0.3 is 0 Å². The highest BCUT2D eigenvalue weighted by molar-refractivity contribution is 6.25. The Kier molecular flexibility index (Phi) is 2.85. The average Bonchev–Trinajstić information content (AvgIpc) is 1.91. The first kappa shape index (κ1) is 6.88. The minimum atomic E-state index is 1.21. The van der Waals surface area contributed by atoms with Gasteiger partial charge in [-0.2, -0.15) is 0 Å². The van der Waals surface area contributed by atoms with Crippen molar-refractivity contribution >= 4 is 11.6 Å². The zero-order chi connectivity index (χ0) is 6.53. The van der Waals surface area contributed by atoms with Crippen molar-refractivity contribution in [2.24, 2.45) is 0 Å². The molecule has 0 atom stereocenters. The van der Waals surface area contributed by atoms with Gasteiger partial charge in [-0.1, -0.05) is 23.3 Å². The average molecular weight is 143 g/mol. The third-order valence-corrected chi connectivity index (χ3v) is 1.73. The van der Waals surface area contributed by atoms with Crippen molar-refractivity contribution in [3.63, 3.8) is 0 Å². The van der Waals surface area contributed by atoms with Crippen molar-refractivity contribution in [1.82, 2.24) is 0 Å². The van der Waals surface area contributed by atoms with E-state index in [0.717, 1.165) is 0 Å². The van der Waals surface area contributed by atoms with Gasteiger partial charge in [0.05, 0.1) is 0 Å². The minimum Gasteiger partial charge on any atom is -0.0929 e. The maximum absolute atomic E-state index is 5.41. The van der Waals surface area contributed by atoms with Gasteiger partial charge in [-0.15, -0.1) is 0 Å². The van der Waals surface area contributed by atoms with E-state index in [1.54, 1.807) is 5.54 Å². The molecule has 1 rings (SSSR count). The summed E-state index contributed by atoms with van der Waals surface area (Å²) in [4.78, 5) is 0. The van der Waals surface area contributed by atoms with E-state index in [9.17, 15) is 0 Å². The highest BCUT2D eigenvalue weighted by atomic mass is 35.5. The summed E-state index contributed by atoms with van der Waals surface area (Å²) in [7, 11) is 0. The van der Waals surface area contributed by atoms with Crippen LogP contribution in [-0.4, -0.2) is 0 Å². The molecule has 1 aliphatic rings. The molecule has 1 heteroatoms. The molecule has 0 aromatic heterocycles. The highest BCUT2D eigenvalue weighted by Crippen LogP contribution is 2.17. The first-order valence-corrected chi connectivity index (χ1v) is 3.83. The lowest BCUT2D eigenvalue weighted by molar-refractivity contribution is 0.712. The number of allylic oxidation sites excluding steroid dienone is 3. The van der Waals surface area contributed by atoms with E-state index in [-0.39, 0.29) is 0 Å². The molecule has 0 radical (unpaired) electrons. The van der Waals surface area contributed by atoms with Crippen molar-refractivity contribution < 1.29 is 0 Å². The second-order valence-corrected chi connectivity index (χ2v) is 2.57. The topological polar surface area (TPSA) is 0 Å². The Hall–Kier alpha value is -0.230. The second kappa shape index (κ2) is 3.73. The molecule has 0 saturated heterocycles. The Balaban J connectivity index is 2.46. The molecule has 0 aliphatic heterocycles. The molecule has 1 aliphatic carbocycles. The molecule has 0 heterocycles. The number of halogens is 1. The van der Waals surface area contributed by atoms with Gasteiger partial charge >= 0.3 is 0 Å². The molecule has 0 unspecified atom stereocenters. The summed E-state index contributed by atoms with van der Waals surface area (Å²) in [5.74, 6) is 0. The predicted molar refractivity (Wildman–Crippen MR) is 41.5 cm³/mol. The van der Waals surface area contributed by atoms with Crippen molar-refractivity contribution in [3.8, 4) is 0 Å². The molecule has 50 valence electrons. The molecule has 0 aromatic rings. The first-order valence-electron chi connectivity index (χ1n) is 3.39. The normalized spacial score (nSPS) is 20.3. The van der Waals surface area contributed by atoms with E-state index in [2.05, 4.69) is 6.08 Å².